The quantitative estimate of drug-likeness (QED) is 0.212. The van der Waals surface area contributed by atoms with E-state index in [4.69, 9.17) is 9.84 Å². The van der Waals surface area contributed by atoms with Gasteiger partial charge in [-0.2, -0.15) is 0 Å². The van der Waals surface area contributed by atoms with Gasteiger partial charge in [0.05, 0.1) is 32.3 Å². The Labute approximate surface area is 192 Å². The van der Waals surface area contributed by atoms with Crippen LogP contribution in [-0.4, -0.2) is 66.9 Å². The van der Waals surface area contributed by atoms with Crippen LogP contribution in [0.2, 0.25) is 0 Å². The first-order valence-corrected chi connectivity index (χ1v) is 10.8. The number of allylic oxidation sites excluding steroid dienone is 1. The van der Waals surface area contributed by atoms with Crippen molar-refractivity contribution >= 4 is 34.2 Å². The van der Waals surface area contributed by atoms with Gasteiger partial charge >= 0.3 is 0 Å². The fourth-order valence-corrected chi connectivity index (χ4v) is 3.19. The Morgan fingerprint density at radius 1 is 1.03 bits per heavy atom. The lowest BCUT2D eigenvalue weighted by molar-refractivity contribution is -0.132. The molecule has 0 fully saturated rings. The second-order valence-corrected chi connectivity index (χ2v) is 7.41. The third-order valence-electron chi connectivity index (χ3n) is 4.89. The Bertz CT molecular complexity index is 949. The summed E-state index contributed by atoms with van der Waals surface area (Å²) < 4.78 is 5.07. The van der Waals surface area contributed by atoms with Crippen LogP contribution in [0.3, 0.4) is 0 Å². The summed E-state index contributed by atoms with van der Waals surface area (Å²) >= 11 is 0. The highest BCUT2D eigenvalue weighted by Gasteiger charge is 2.26. The van der Waals surface area contributed by atoms with E-state index in [-0.39, 0.29) is 45.1 Å². The van der Waals surface area contributed by atoms with Crippen LogP contribution in [-0.2, 0) is 19.1 Å². The van der Waals surface area contributed by atoms with E-state index in [1.807, 2.05) is 30.3 Å². The average molecular weight is 458 g/mol. The first-order chi connectivity index (χ1) is 16.0. The zero-order chi connectivity index (χ0) is 24.1. The molecule has 0 aliphatic carbocycles. The fourth-order valence-electron chi connectivity index (χ4n) is 3.19. The van der Waals surface area contributed by atoms with Crippen LogP contribution in [0.25, 0.3) is 10.8 Å². The van der Waals surface area contributed by atoms with Gasteiger partial charge in [-0.1, -0.05) is 36.4 Å². The molecule has 2 aromatic carbocycles. The van der Waals surface area contributed by atoms with Gasteiger partial charge in [0.15, 0.2) is 0 Å². The molecule has 178 valence electrons. The van der Waals surface area contributed by atoms with Gasteiger partial charge in [-0.05, 0) is 29.3 Å². The predicted octanol–water partition coefficient (Wildman–Crippen LogP) is 0.963. The van der Waals surface area contributed by atoms with Gasteiger partial charge in [-0.15, -0.1) is 6.58 Å². The third-order valence-corrected chi connectivity index (χ3v) is 4.89. The van der Waals surface area contributed by atoms with Crippen LogP contribution < -0.4 is 16.0 Å². The largest absolute Gasteiger partial charge is 0.394 e. The number of ether oxygens (including phenoxy) is 1. The second-order valence-electron chi connectivity index (χ2n) is 7.41. The maximum Gasteiger partial charge on any atom is 0.249 e. The lowest BCUT2D eigenvalue weighted by Crippen LogP contribution is -2.48. The van der Waals surface area contributed by atoms with Gasteiger partial charge < -0.3 is 30.9 Å². The van der Waals surface area contributed by atoms with Crippen molar-refractivity contribution < 1.29 is 29.3 Å². The molecule has 0 spiro atoms. The fraction of sp³-hybridized carbons (Fsp3) is 0.375. The monoisotopic (exact) mass is 457 g/mol. The smallest absolute Gasteiger partial charge is 0.249 e. The highest BCUT2D eigenvalue weighted by molar-refractivity contribution is 5.99. The van der Waals surface area contributed by atoms with Crippen molar-refractivity contribution in [1.82, 2.24) is 10.6 Å². The summed E-state index contributed by atoms with van der Waals surface area (Å²) in [5.41, 5.74) is 0.539. The summed E-state index contributed by atoms with van der Waals surface area (Å²) in [6.45, 7) is 3.59. The number of benzene rings is 2. The first kappa shape index (κ1) is 26.0. The van der Waals surface area contributed by atoms with E-state index in [1.165, 1.54) is 6.08 Å². The van der Waals surface area contributed by atoms with E-state index in [0.29, 0.717) is 5.69 Å². The van der Waals surface area contributed by atoms with Crippen molar-refractivity contribution in [1.29, 1.82) is 0 Å². The molecule has 2 unspecified atom stereocenters. The molecule has 3 amide bonds. The Morgan fingerprint density at radius 3 is 2.48 bits per heavy atom. The number of aliphatic hydroxyl groups excluding tert-OH is 2. The number of fused-ring (bicyclic) bond motifs is 1. The molecule has 0 bridgehead atoms. The number of rotatable bonds is 14. The van der Waals surface area contributed by atoms with E-state index in [0.717, 1.165) is 10.8 Å². The van der Waals surface area contributed by atoms with Crippen LogP contribution in [0.4, 0.5) is 5.69 Å². The van der Waals surface area contributed by atoms with Crippen molar-refractivity contribution in [3.8, 4) is 0 Å². The molecule has 9 nitrogen and oxygen atoms in total. The zero-order valence-corrected chi connectivity index (χ0v) is 18.5. The van der Waals surface area contributed by atoms with E-state index in [2.05, 4.69) is 22.5 Å². The van der Waals surface area contributed by atoms with Gasteiger partial charge in [0.2, 0.25) is 17.7 Å². The minimum Gasteiger partial charge on any atom is -0.394 e. The van der Waals surface area contributed by atoms with Gasteiger partial charge in [0.1, 0.15) is 6.04 Å². The molecule has 9 heteroatoms. The van der Waals surface area contributed by atoms with Crippen LogP contribution >= 0.6 is 0 Å². The van der Waals surface area contributed by atoms with Crippen molar-refractivity contribution in [2.45, 2.75) is 18.9 Å². The number of carbonyl (C=O) groups excluding carboxylic acids is 3. The molecule has 0 aliphatic heterocycles. The second kappa shape index (κ2) is 14.0. The number of amides is 3. The molecule has 0 aromatic heterocycles. The molecule has 5 N–H and O–H groups in total. The molecule has 2 atom stereocenters. The number of hydrogen-bond donors (Lipinski definition) is 5. The van der Waals surface area contributed by atoms with Crippen LogP contribution in [0, 0.1) is 5.92 Å². The number of carbonyl (C=O) groups is 3. The van der Waals surface area contributed by atoms with E-state index in [9.17, 15) is 19.5 Å². The first-order valence-electron chi connectivity index (χ1n) is 10.8. The third kappa shape index (κ3) is 8.64. The van der Waals surface area contributed by atoms with Crippen LogP contribution in [0.5, 0.6) is 0 Å². The SMILES string of the molecule is C=CCC(CC(=O)NCCOCCO)C(=O)NC(CO)C(=O)Nc1ccc2ccccc2c1. The number of aliphatic hydroxyl groups is 2. The maximum absolute atomic E-state index is 12.7. The molecule has 0 heterocycles. The number of hydrogen-bond acceptors (Lipinski definition) is 6. The van der Waals surface area contributed by atoms with Crippen LogP contribution in [0.1, 0.15) is 12.8 Å². The summed E-state index contributed by atoms with van der Waals surface area (Å²) in [5, 5.41) is 28.1. The molecule has 2 aromatic rings. The van der Waals surface area contributed by atoms with Crippen molar-refractivity contribution in [3.05, 3.63) is 55.1 Å². The average Bonchev–Trinajstić information content (AvgIpc) is 2.81. The van der Waals surface area contributed by atoms with Gasteiger partial charge in [-0.25, -0.2) is 0 Å². The van der Waals surface area contributed by atoms with E-state index in [1.54, 1.807) is 12.1 Å². The molecule has 2 rings (SSSR count). The Hall–Kier alpha value is -3.27. The summed E-state index contributed by atoms with van der Waals surface area (Å²) in [7, 11) is 0. The lowest BCUT2D eigenvalue weighted by Gasteiger charge is -2.20. The summed E-state index contributed by atoms with van der Waals surface area (Å²) in [5.74, 6) is -2.20. The minimum atomic E-state index is -1.17. The lowest BCUT2D eigenvalue weighted by atomic mass is 9.99. The van der Waals surface area contributed by atoms with Crippen molar-refractivity contribution in [3.63, 3.8) is 0 Å². The maximum atomic E-state index is 12.7. The number of anilines is 1. The Morgan fingerprint density at radius 2 is 1.79 bits per heavy atom. The highest BCUT2D eigenvalue weighted by Crippen LogP contribution is 2.19. The molecule has 0 saturated heterocycles. The van der Waals surface area contributed by atoms with Gasteiger partial charge in [0, 0.05) is 18.7 Å². The van der Waals surface area contributed by atoms with E-state index < -0.39 is 30.4 Å². The normalized spacial score (nSPS) is 12.5. The standard InChI is InChI=1S/C24H31N3O6/c1-2-5-19(15-22(30)25-10-12-33-13-11-28)23(31)27-21(16-29)24(32)26-20-9-8-17-6-3-4-7-18(17)14-20/h2-4,6-9,14,19,21,28-29H,1,5,10-13,15-16H2,(H,25,30)(H,26,32)(H,27,31). The molecule has 0 aliphatic rings. The summed E-state index contributed by atoms with van der Waals surface area (Å²) in [6.07, 6.45) is 1.64. The minimum absolute atomic E-state index is 0.101. The Balaban J connectivity index is 1.92. The molecule has 33 heavy (non-hydrogen) atoms. The van der Waals surface area contributed by atoms with E-state index >= 15 is 0 Å². The predicted molar refractivity (Wildman–Crippen MR) is 125 cm³/mol. The number of nitrogens with one attached hydrogen (secondary N) is 3. The molecular formula is C24H31N3O6. The summed E-state index contributed by atoms with van der Waals surface area (Å²) in [4.78, 5) is 37.5. The molecular weight excluding hydrogens is 426 g/mol. The van der Waals surface area contributed by atoms with Crippen LogP contribution in [0.15, 0.2) is 55.1 Å². The Kier molecular flexibility index (Phi) is 11.0. The van der Waals surface area contributed by atoms with Gasteiger partial charge in [-0.3, -0.25) is 14.4 Å². The summed E-state index contributed by atoms with van der Waals surface area (Å²) in [6, 6.07) is 11.9. The highest BCUT2D eigenvalue weighted by atomic mass is 16.5. The van der Waals surface area contributed by atoms with Crippen molar-refractivity contribution in [2.75, 3.05) is 38.3 Å². The molecule has 0 radical (unpaired) electrons. The zero-order valence-electron chi connectivity index (χ0n) is 18.5. The van der Waals surface area contributed by atoms with Gasteiger partial charge in [0.25, 0.3) is 0 Å². The van der Waals surface area contributed by atoms with Crippen molar-refractivity contribution in [2.24, 2.45) is 5.92 Å². The topological polar surface area (TPSA) is 137 Å². The molecule has 0 saturated carbocycles.